The average molecular weight is 289 g/mol. The zero-order valence-corrected chi connectivity index (χ0v) is 12.1. The van der Waals surface area contributed by atoms with Gasteiger partial charge in [0.2, 0.25) is 10.0 Å². The van der Waals surface area contributed by atoms with Crippen molar-refractivity contribution in [3.05, 3.63) is 22.7 Å². The van der Waals surface area contributed by atoms with Crippen molar-refractivity contribution < 1.29 is 8.42 Å². The van der Waals surface area contributed by atoms with Crippen molar-refractivity contribution in [3.8, 4) is 0 Å². The zero-order valence-electron chi connectivity index (χ0n) is 10.5. The smallest absolute Gasteiger partial charge is 0.243 e. The van der Waals surface area contributed by atoms with Crippen molar-refractivity contribution in [2.45, 2.75) is 37.6 Å². The Labute approximate surface area is 113 Å². The predicted molar refractivity (Wildman–Crippen MR) is 73.2 cm³/mol. The van der Waals surface area contributed by atoms with Gasteiger partial charge in [0.15, 0.2) is 0 Å². The van der Waals surface area contributed by atoms with E-state index in [0.717, 1.165) is 12.8 Å². The van der Waals surface area contributed by atoms with Crippen LogP contribution in [-0.2, 0) is 10.0 Å². The van der Waals surface area contributed by atoms with Gasteiger partial charge in [-0.05, 0) is 44.4 Å². The third-order valence-corrected chi connectivity index (χ3v) is 5.86. The Balaban J connectivity index is 2.48. The van der Waals surface area contributed by atoms with Gasteiger partial charge in [-0.25, -0.2) is 8.42 Å². The molecule has 1 atom stereocenters. The molecule has 4 nitrogen and oxygen atoms in total. The maximum Gasteiger partial charge on any atom is 0.243 e. The van der Waals surface area contributed by atoms with Crippen LogP contribution in [0.3, 0.4) is 0 Å². The Bertz CT molecular complexity index is 548. The summed E-state index contributed by atoms with van der Waals surface area (Å²) in [6.45, 7) is 4.26. The number of halogens is 1. The summed E-state index contributed by atoms with van der Waals surface area (Å²) >= 11 is 5.95. The maximum absolute atomic E-state index is 12.5. The van der Waals surface area contributed by atoms with Gasteiger partial charge in [0.05, 0.1) is 15.6 Å². The summed E-state index contributed by atoms with van der Waals surface area (Å²) in [5.74, 6) is 0. The van der Waals surface area contributed by atoms with Crippen LogP contribution in [-0.4, -0.2) is 25.3 Å². The molecule has 1 aromatic carbocycles. The second kappa shape index (κ2) is 4.72. The van der Waals surface area contributed by atoms with E-state index in [1.165, 1.54) is 10.4 Å². The summed E-state index contributed by atoms with van der Waals surface area (Å²) in [5, 5.41) is 0.420. The Morgan fingerprint density at radius 3 is 2.61 bits per heavy atom. The second-order valence-corrected chi connectivity index (χ2v) is 7.02. The number of hydrogen-bond donors (Lipinski definition) is 1. The van der Waals surface area contributed by atoms with E-state index in [0.29, 0.717) is 22.8 Å². The van der Waals surface area contributed by atoms with E-state index in [2.05, 4.69) is 0 Å². The molecule has 2 rings (SSSR count). The molecule has 0 aliphatic carbocycles. The third kappa shape index (κ3) is 2.22. The molecule has 1 unspecified atom stereocenters. The number of aryl methyl sites for hydroxylation is 1. The molecule has 0 spiro atoms. The fraction of sp³-hybridized carbons (Fsp3) is 0.500. The number of anilines is 1. The van der Waals surface area contributed by atoms with Crippen LogP contribution in [0.15, 0.2) is 17.0 Å². The lowest BCUT2D eigenvalue weighted by atomic mass is 10.2. The lowest BCUT2D eigenvalue weighted by Gasteiger charge is -2.21. The van der Waals surface area contributed by atoms with Crippen LogP contribution in [0.25, 0.3) is 0 Å². The molecule has 1 saturated heterocycles. The Morgan fingerprint density at radius 2 is 2.11 bits per heavy atom. The first-order valence-electron chi connectivity index (χ1n) is 5.91. The first-order valence-corrected chi connectivity index (χ1v) is 7.73. The predicted octanol–water partition coefficient (Wildman–Crippen LogP) is 2.40. The molecule has 0 saturated carbocycles. The minimum absolute atomic E-state index is 0.0483. The Hall–Kier alpha value is -0.780. The highest BCUT2D eigenvalue weighted by atomic mass is 35.5. The SMILES string of the molecule is Cc1cc(S(=O)(=O)N2CCCC2C)cc(N)c1Cl. The maximum atomic E-state index is 12.5. The topological polar surface area (TPSA) is 63.4 Å². The first kappa shape index (κ1) is 13.6. The Kier molecular flexibility index (Phi) is 3.58. The fourth-order valence-electron chi connectivity index (χ4n) is 2.31. The number of nitrogens with zero attached hydrogens (tertiary/aromatic N) is 1. The second-order valence-electron chi connectivity index (χ2n) is 4.75. The summed E-state index contributed by atoms with van der Waals surface area (Å²) in [6.07, 6.45) is 1.81. The standard InChI is InChI=1S/C12H17ClN2O2S/c1-8-6-10(7-11(14)12(8)13)18(16,17)15-5-3-4-9(15)2/h6-7,9H,3-5,14H2,1-2H3. The molecular weight excluding hydrogens is 272 g/mol. The molecule has 6 heteroatoms. The summed E-state index contributed by atoms with van der Waals surface area (Å²) < 4.78 is 26.5. The van der Waals surface area contributed by atoms with Crippen molar-refractivity contribution in [2.75, 3.05) is 12.3 Å². The van der Waals surface area contributed by atoms with Crippen molar-refractivity contribution in [2.24, 2.45) is 0 Å². The van der Waals surface area contributed by atoms with Gasteiger partial charge < -0.3 is 5.73 Å². The fourth-order valence-corrected chi connectivity index (χ4v) is 4.24. The lowest BCUT2D eigenvalue weighted by molar-refractivity contribution is 0.408. The van der Waals surface area contributed by atoms with Crippen molar-refractivity contribution in [1.82, 2.24) is 4.31 Å². The van der Waals surface area contributed by atoms with Gasteiger partial charge >= 0.3 is 0 Å². The number of nitrogen functional groups attached to an aromatic ring is 1. The zero-order chi connectivity index (χ0) is 13.5. The number of hydrogen-bond acceptors (Lipinski definition) is 3. The van der Waals surface area contributed by atoms with Crippen LogP contribution < -0.4 is 5.73 Å². The molecule has 1 aliphatic rings. The van der Waals surface area contributed by atoms with E-state index < -0.39 is 10.0 Å². The van der Waals surface area contributed by atoms with Gasteiger partial charge in [-0.2, -0.15) is 4.31 Å². The number of rotatable bonds is 2. The van der Waals surface area contributed by atoms with Crippen LogP contribution in [0.4, 0.5) is 5.69 Å². The summed E-state index contributed by atoms with van der Waals surface area (Å²) in [6, 6.07) is 3.07. The van der Waals surface area contributed by atoms with Crippen molar-refractivity contribution >= 4 is 27.3 Å². The quantitative estimate of drug-likeness (QED) is 0.850. The summed E-state index contributed by atoms with van der Waals surface area (Å²) in [5.41, 5.74) is 6.73. The molecule has 1 fully saturated rings. The number of sulfonamides is 1. The normalized spacial score (nSPS) is 21.4. The van der Waals surface area contributed by atoms with Crippen molar-refractivity contribution in [1.29, 1.82) is 0 Å². The van der Waals surface area contributed by atoms with E-state index in [1.54, 1.807) is 13.0 Å². The van der Waals surface area contributed by atoms with Gasteiger partial charge in [-0.1, -0.05) is 11.6 Å². The van der Waals surface area contributed by atoms with Crippen LogP contribution in [0, 0.1) is 6.92 Å². The third-order valence-electron chi connectivity index (χ3n) is 3.35. The lowest BCUT2D eigenvalue weighted by Crippen LogP contribution is -2.33. The molecule has 1 aromatic rings. The molecule has 0 radical (unpaired) electrons. The molecule has 2 N–H and O–H groups in total. The molecular formula is C12H17ClN2O2S. The van der Waals surface area contributed by atoms with E-state index in [1.807, 2.05) is 6.92 Å². The van der Waals surface area contributed by atoms with Gasteiger partial charge in [0.1, 0.15) is 0 Å². The van der Waals surface area contributed by atoms with E-state index >= 15 is 0 Å². The monoisotopic (exact) mass is 288 g/mol. The highest BCUT2D eigenvalue weighted by molar-refractivity contribution is 7.89. The van der Waals surface area contributed by atoms with Crippen LogP contribution in [0.1, 0.15) is 25.3 Å². The highest BCUT2D eigenvalue weighted by Crippen LogP contribution is 2.31. The molecule has 1 aliphatic heterocycles. The molecule has 0 aromatic heterocycles. The molecule has 0 bridgehead atoms. The van der Waals surface area contributed by atoms with Gasteiger partial charge in [-0.3, -0.25) is 0 Å². The van der Waals surface area contributed by atoms with Crippen LogP contribution in [0.5, 0.6) is 0 Å². The van der Waals surface area contributed by atoms with E-state index in [4.69, 9.17) is 17.3 Å². The van der Waals surface area contributed by atoms with Gasteiger partial charge in [-0.15, -0.1) is 0 Å². The minimum Gasteiger partial charge on any atom is -0.397 e. The van der Waals surface area contributed by atoms with Gasteiger partial charge in [0, 0.05) is 12.6 Å². The number of nitrogens with two attached hydrogens (primary N) is 1. The molecule has 0 amide bonds. The molecule has 1 heterocycles. The number of benzene rings is 1. The van der Waals surface area contributed by atoms with Gasteiger partial charge in [0.25, 0.3) is 0 Å². The highest BCUT2D eigenvalue weighted by Gasteiger charge is 2.33. The average Bonchev–Trinajstić information content (AvgIpc) is 2.72. The van der Waals surface area contributed by atoms with Crippen molar-refractivity contribution in [3.63, 3.8) is 0 Å². The molecule has 18 heavy (non-hydrogen) atoms. The molecule has 100 valence electrons. The first-order chi connectivity index (χ1) is 8.34. The minimum atomic E-state index is -3.45. The van der Waals surface area contributed by atoms with E-state index in [-0.39, 0.29) is 10.9 Å². The summed E-state index contributed by atoms with van der Waals surface area (Å²) in [7, 11) is -3.45. The van der Waals surface area contributed by atoms with E-state index in [9.17, 15) is 8.42 Å². The largest absolute Gasteiger partial charge is 0.397 e. The Morgan fingerprint density at radius 1 is 1.44 bits per heavy atom. The summed E-state index contributed by atoms with van der Waals surface area (Å²) in [4.78, 5) is 0.232. The van der Waals surface area contributed by atoms with Crippen LogP contribution >= 0.6 is 11.6 Å². The van der Waals surface area contributed by atoms with Crippen LogP contribution in [0.2, 0.25) is 5.02 Å².